The number of hydrogen-bond acceptors (Lipinski definition) is 7. The second-order valence-electron chi connectivity index (χ2n) is 11.0. The lowest BCUT2D eigenvalue weighted by molar-refractivity contribution is -0.123. The molecule has 3 heterocycles. The number of benzene rings is 3. The summed E-state index contributed by atoms with van der Waals surface area (Å²) in [6, 6.07) is 17.0. The van der Waals surface area contributed by atoms with E-state index in [1.165, 1.54) is 4.90 Å². The van der Waals surface area contributed by atoms with Gasteiger partial charge in [-0.2, -0.15) is 0 Å². The first kappa shape index (κ1) is 27.1. The second kappa shape index (κ2) is 11.4. The van der Waals surface area contributed by atoms with Crippen LogP contribution in [-0.4, -0.2) is 73.7 Å². The van der Waals surface area contributed by atoms with Crippen molar-refractivity contribution in [2.75, 3.05) is 39.9 Å². The predicted molar refractivity (Wildman–Crippen MR) is 153 cm³/mol. The molecular weight excluding hydrogens is 522 g/mol. The molecule has 1 N–H and O–H groups in total. The first-order chi connectivity index (χ1) is 19.8. The predicted octanol–water partition coefficient (Wildman–Crippen LogP) is 3.84. The Morgan fingerprint density at radius 3 is 2.54 bits per heavy atom. The maximum absolute atomic E-state index is 13.2. The molecule has 3 aromatic carbocycles. The second-order valence-corrected chi connectivity index (χ2v) is 11.0. The summed E-state index contributed by atoms with van der Waals surface area (Å²) in [7, 11) is 1.63. The van der Waals surface area contributed by atoms with Crippen LogP contribution >= 0.6 is 0 Å². The summed E-state index contributed by atoms with van der Waals surface area (Å²) < 4.78 is 24.1. The van der Waals surface area contributed by atoms with Crippen molar-refractivity contribution in [1.82, 2.24) is 15.1 Å². The van der Waals surface area contributed by atoms with Crippen LogP contribution in [0.25, 0.3) is 0 Å². The van der Waals surface area contributed by atoms with Gasteiger partial charge in [0.05, 0.1) is 25.3 Å². The van der Waals surface area contributed by atoms with Crippen LogP contribution in [0.3, 0.4) is 0 Å². The molecule has 0 aliphatic carbocycles. The molecule has 3 aliphatic rings. The van der Waals surface area contributed by atoms with E-state index in [9.17, 15) is 9.59 Å². The largest absolute Gasteiger partial charge is 0.486 e. The van der Waals surface area contributed by atoms with Crippen LogP contribution in [0.1, 0.15) is 32.6 Å². The molecule has 214 valence electrons. The number of fused-ring (bicyclic) bond motifs is 6. The quantitative estimate of drug-likeness (QED) is 0.512. The summed E-state index contributed by atoms with van der Waals surface area (Å²) in [6.07, 6.45) is -0.232. The van der Waals surface area contributed by atoms with Gasteiger partial charge in [0.2, 0.25) is 5.91 Å². The Morgan fingerprint density at radius 2 is 1.71 bits per heavy atom. The van der Waals surface area contributed by atoms with Crippen LogP contribution in [-0.2, 0) is 22.7 Å². The summed E-state index contributed by atoms with van der Waals surface area (Å²) in [5, 5.41) is 3.15. The van der Waals surface area contributed by atoms with Crippen molar-refractivity contribution >= 4 is 11.8 Å². The summed E-state index contributed by atoms with van der Waals surface area (Å²) in [5.74, 6) is 2.34. The first-order valence-electron chi connectivity index (χ1n) is 14.0. The fraction of sp³-hybridized carbons (Fsp3) is 0.375. The number of likely N-dealkylation sites (tertiary alicyclic amines) is 1. The fourth-order valence-electron chi connectivity index (χ4n) is 5.56. The zero-order valence-corrected chi connectivity index (χ0v) is 23.6. The molecule has 9 heteroatoms. The van der Waals surface area contributed by atoms with Crippen LogP contribution in [0, 0.1) is 13.8 Å². The number of nitrogens with one attached hydrogen (secondary N) is 1. The molecule has 41 heavy (non-hydrogen) atoms. The van der Waals surface area contributed by atoms with Gasteiger partial charge in [-0.3, -0.25) is 14.5 Å². The van der Waals surface area contributed by atoms with E-state index < -0.39 is 0 Å². The Hall–Kier alpha value is -4.08. The van der Waals surface area contributed by atoms with E-state index in [2.05, 4.69) is 23.2 Å². The summed E-state index contributed by atoms with van der Waals surface area (Å²) >= 11 is 0. The van der Waals surface area contributed by atoms with Gasteiger partial charge in [-0.05, 0) is 72.5 Å². The highest BCUT2D eigenvalue weighted by Crippen LogP contribution is 2.34. The van der Waals surface area contributed by atoms with Crippen molar-refractivity contribution < 1.29 is 28.5 Å². The Kier molecular flexibility index (Phi) is 7.55. The molecule has 6 rings (SSSR count). The molecule has 2 atom stereocenters. The SMILES string of the molecule is Cc1cc2c(cc1CN1C[C@@H]3NC(=O)CN(C)C(=O)c4ccc(C)c(c4)Oc4cccc(c4)CO[C@H]3C1)OCCO2. The zero-order valence-electron chi connectivity index (χ0n) is 23.6. The normalized spacial score (nSPS) is 21.2. The molecule has 9 nitrogen and oxygen atoms in total. The van der Waals surface area contributed by atoms with Gasteiger partial charge in [0.1, 0.15) is 24.7 Å². The average Bonchev–Trinajstić information content (AvgIpc) is 3.33. The highest BCUT2D eigenvalue weighted by Gasteiger charge is 2.35. The maximum Gasteiger partial charge on any atom is 0.254 e. The van der Waals surface area contributed by atoms with Gasteiger partial charge in [0.25, 0.3) is 5.91 Å². The highest BCUT2D eigenvalue weighted by molar-refractivity contribution is 5.96. The number of nitrogens with zero attached hydrogens (tertiary/aromatic N) is 2. The highest BCUT2D eigenvalue weighted by atomic mass is 16.6. The summed E-state index contributed by atoms with van der Waals surface area (Å²) in [6.45, 7) is 7.37. The lowest BCUT2D eigenvalue weighted by atomic mass is 10.1. The van der Waals surface area contributed by atoms with Gasteiger partial charge < -0.3 is 29.2 Å². The van der Waals surface area contributed by atoms with Gasteiger partial charge in [0.15, 0.2) is 11.5 Å². The standard InChI is InChI=1S/C32H35N3O6/c1-20-7-8-23-13-27(20)41-25-6-4-5-22(12-25)19-40-30-17-35(16-26(30)33-31(36)18-34(3)32(23)37)15-24-14-29-28(11-21(24)2)38-9-10-39-29/h4-8,11-14,26,30H,9-10,15-19H2,1-3H3,(H,33,36)/t26-,30-/m0/s1. The van der Waals surface area contributed by atoms with Crippen LogP contribution < -0.4 is 19.5 Å². The number of hydrogen-bond donors (Lipinski definition) is 1. The Balaban J connectivity index is 1.24. The molecule has 0 spiro atoms. The molecule has 0 aromatic heterocycles. The third-order valence-electron chi connectivity index (χ3n) is 7.84. The minimum atomic E-state index is -0.249. The fourth-order valence-corrected chi connectivity index (χ4v) is 5.56. The zero-order chi connectivity index (χ0) is 28.5. The number of rotatable bonds is 2. The molecule has 3 aliphatic heterocycles. The number of ether oxygens (including phenoxy) is 4. The van der Waals surface area contributed by atoms with E-state index in [1.807, 2.05) is 43.3 Å². The van der Waals surface area contributed by atoms with Crippen LogP contribution in [0.5, 0.6) is 23.0 Å². The maximum atomic E-state index is 13.2. The van der Waals surface area contributed by atoms with Crippen molar-refractivity contribution in [1.29, 1.82) is 0 Å². The minimum Gasteiger partial charge on any atom is -0.486 e. The molecule has 3 aromatic rings. The van der Waals surface area contributed by atoms with E-state index >= 15 is 0 Å². The molecule has 4 bridgehead atoms. The summed E-state index contributed by atoms with van der Waals surface area (Å²) in [5.41, 5.74) is 4.61. The number of likely N-dealkylation sites (N-methyl/N-ethyl adjacent to an activating group) is 1. The van der Waals surface area contributed by atoms with Crippen LogP contribution in [0.4, 0.5) is 0 Å². The van der Waals surface area contributed by atoms with Crippen LogP contribution in [0.2, 0.25) is 0 Å². The van der Waals surface area contributed by atoms with E-state index in [-0.39, 0.29) is 30.5 Å². The van der Waals surface area contributed by atoms with Gasteiger partial charge in [-0.15, -0.1) is 0 Å². The third kappa shape index (κ3) is 6.01. The molecule has 1 saturated heterocycles. The smallest absolute Gasteiger partial charge is 0.254 e. The molecule has 2 amide bonds. The van der Waals surface area contributed by atoms with Crippen LogP contribution in [0.15, 0.2) is 54.6 Å². The number of aryl methyl sites for hydroxylation is 2. The van der Waals surface area contributed by atoms with E-state index in [0.29, 0.717) is 56.5 Å². The molecule has 1 fully saturated rings. The summed E-state index contributed by atoms with van der Waals surface area (Å²) in [4.78, 5) is 30.0. The first-order valence-corrected chi connectivity index (χ1v) is 14.0. The van der Waals surface area contributed by atoms with Gasteiger partial charge in [-0.1, -0.05) is 18.2 Å². The molecule has 0 saturated carbocycles. The van der Waals surface area contributed by atoms with E-state index in [0.717, 1.165) is 33.8 Å². The Bertz CT molecular complexity index is 1470. The number of carbonyl (C=O) groups is 2. The Morgan fingerprint density at radius 1 is 0.902 bits per heavy atom. The lowest BCUT2D eigenvalue weighted by Gasteiger charge is -2.23. The molecular formula is C32H35N3O6. The third-order valence-corrected chi connectivity index (χ3v) is 7.84. The minimum absolute atomic E-state index is 0.0631. The Labute approximate surface area is 239 Å². The van der Waals surface area contributed by atoms with Crippen molar-refractivity contribution in [3.05, 3.63) is 82.4 Å². The van der Waals surface area contributed by atoms with E-state index in [1.54, 1.807) is 19.2 Å². The number of amides is 2. The van der Waals surface area contributed by atoms with Gasteiger partial charge in [-0.25, -0.2) is 0 Å². The molecule has 0 radical (unpaired) electrons. The average molecular weight is 558 g/mol. The van der Waals surface area contributed by atoms with E-state index in [4.69, 9.17) is 18.9 Å². The topological polar surface area (TPSA) is 89.6 Å². The lowest BCUT2D eigenvalue weighted by Crippen LogP contribution is -2.48. The van der Waals surface area contributed by atoms with Gasteiger partial charge >= 0.3 is 0 Å². The van der Waals surface area contributed by atoms with Crippen molar-refractivity contribution in [3.63, 3.8) is 0 Å². The number of carbonyl (C=O) groups excluding carboxylic acids is 2. The van der Waals surface area contributed by atoms with Crippen molar-refractivity contribution in [3.8, 4) is 23.0 Å². The molecule has 0 unspecified atom stereocenters. The van der Waals surface area contributed by atoms with Crippen molar-refractivity contribution in [2.24, 2.45) is 0 Å². The van der Waals surface area contributed by atoms with Gasteiger partial charge in [0, 0.05) is 32.2 Å². The monoisotopic (exact) mass is 557 g/mol. The van der Waals surface area contributed by atoms with Crippen molar-refractivity contribution in [2.45, 2.75) is 39.1 Å².